The molecule has 0 aliphatic heterocycles. The molecular formula is C16H24O. The van der Waals surface area contributed by atoms with Crippen molar-refractivity contribution in [2.45, 2.75) is 47.0 Å². The van der Waals surface area contributed by atoms with Crippen molar-refractivity contribution in [1.82, 2.24) is 0 Å². The van der Waals surface area contributed by atoms with Gasteiger partial charge < -0.3 is 0 Å². The molecule has 0 heterocycles. The zero-order chi connectivity index (χ0) is 12.8. The second-order valence-electron chi connectivity index (χ2n) is 4.95. The second-order valence-corrected chi connectivity index (χ2v) is 4.95. The minimum absolute atomic E-state index is 0.204. The molecule has 0 aromatic rings. The molecule has 2 unspecified atom stereocenters. The zero-order valence-electron chi connectivity index (χ0n) is 11.5. The van der Waals surface area contributed by atoms with Gasteiger partial charge >= 0.3 is 0 Å². The van der Waals surface area contributed by atoms with E-state index in [1.165, 1.54) is 11.1 Å². The third-order valence-corrected chi connectivity index (χ3v) is 3.51. The largest absolute Gasteiger partial charge is 0.300 e. The van der Waals surface area contributed by atoms with Crippen molar-refractivity contribution in [2.24, 2.45) is 11.8 Å². The van der Waals surface area contributed by atoms with Gasteiger partial charge in [0.15, 0.2) is 0 Å². The molecule has 1 aliphatic carbocycles. The molecule has 0 fully saturated rings. The number of hydrogen-bond donors (Lipinski definition) is 0. The van der Waals surface area contributed by atoms with Gasteiger partial charge in [-0.1, -0.05) is 50.1 Å². The predicted octanol–water partition coefficient (Wildman–Crippen LogP) is 4.46. The lowest BCUT2D eigenvalue weighted by atomic mass is 9.86. The van der Waals surface area contributed by atoms with E-state index in [1.807, 2.05) is 0 Å². The van der Waals surface area contributed by atoms with Crippen LogP contribution >= 0.6 is 0 Å². The molecule has 0 aromatic carbocycles. The summed E-state index contributed by atoms with van der Waals surface area (Å²) in [6.45, 7) is 8.14. The highest BCUT2D eigenvalue weighted by Gasteiger charge is 2.16. The summed E-state index contributed by atoms with van der Waals surface area (Å²) in [6.07, 6.45) is 11.8. The predicted molar refractivity (Wildman–Crippen MR) is 73.8 cm³/mol. The Morgan fingerprint density at radius 1 is 1.47 bits per heavy atom. The van der Waals surface area contributed by atoms with E-state index in [0.29, 0.717) is 11.7 Å². The summed E-state index contributed by atoms with van der Waals surface area (Å²) in [4.78, 5) is 11.5. The lowest BCUT2D eigenvalue weighted by Gasteiger charge is -2.19. The van der Waals surface area contributed by atoms with Gasteiger partial charge in [-0.3, -0.25) is 4.79 Å². The van der Waals surface area contributed by atoms with E-state index in [-0.39, 0.29) is 5.92 Å². The average Bonchev–Trinajstić information content (AvgIpc) is 2.28. The Morgan fingerprint density at radius 3 is 2.65 bits per heavy atom. The van der Waals surface area contributed by atoms with Crippen molar-refractivity contribution in [3.05, 3.63) is 35.5 Å². The van der Waals surface area contributed by atoms with E-state index in [0.717, 1.165) is 19.3 Å². The number of rotatable bonds is 5. The van der Waals surface area contributed by atoms with Crippen LogP contribution in [-0.2, 0) is 4.79 Å². The smallest absolute Gasteiger partial charge is 0.133 e. The van der Waals surface area contributed by atoms with Gasteiger partial charge in [0.2, 0.25) is 0 Å². The summed E-state index contributed by atoms with van der Waals surface area (Å²) in [6, 6.07) is 0. The second kappa shape index (κ2) is 6.58. The minimum Gasteiger partial charge on any atom is -0.300 e. The summed E-state index contributed by atoms with van der Waals surface area (Å²) >= 11 is 0. The van der Waals surface area contributed by atoms with Crippen molar-refractivity contribution in [3.8, 4) is 0 Å². The molecule has 1 aliphatic rings. The summed E-state index contributed by atoms with van der Waals surface area (Å²) in [5.41, 5.74) is 2.68. The first-order valence-corrected chi connectivity index (χ1v) is 6.63. The van der Waals surface area contributed by atoms with Gasteiger partial charge in [0.05, 0.1) is 0 Å². The first-order valence-electron chi connectivity index (χ1n) is 6.63. The highest BCUT2D eigenvalue weighted by atomic mass is 16.1. The van der Waals surface area contributed by atoms with Crippen LogP contribution in [0.4, 0.5) is 0 Å². The van der Waals surface area contributed by atoms with Crippen LogP contribution in [0.5, 0.6) is 0 Å². The molecule has 0 aromatic heterocycles. The number of allylic oxidation sites excluding steroid dienone is 6. The summed E-state index contributed by atoms with van der Waals surface area (Å²) < 4.78 is 0. The maximum Gasteiger partial charge on any atom is 0.133 e. The Kier molecular flexibility index (Phi) is 5.40. The van der Waals surface area contributed by atoms with Gasteiger partial charge in [-0.05, 0) is 38.2 Å². The van der Waals surface area contributed by atoms with Crippen molar-refractivity contribution in [2.75, 3.05) is 0 Å². The highest BCUT2D eigenvalue weighted by molar-refractivity contribution is 5.78. The Morgan fingerprint density at radius 2 is 2.18 bits per heavy atom. The lowest BCUT2D eigenvalue weighted by molar-refractivity contribution is -0.120. The fourth-order valence-corrected chi connectivity index (χ4v) is 2.41. The van der Waals surface area contributed by atoms with Gasteiger partial charge in [-0.25, -0.2) is 0 Å². The van der Waals surface area contributed by atoms with Crippen LogP contribution in [0, 0.1) is 11.8 Å². The van der Waals surface area contributed by atoms with E-state index < -0.39 is 0 Å². The van der Waals surface area contributed by atoms with Crippen LogP contribution in [0.15, 0.2) is 35.5 Å². The quantitative estimate of drug-likeness (QED) is 0.684. The van der Waals surface area contributed by atoms with Gasteiger partial charge in [0, 0.05) is 5.92 Å². The first-order chi connectivity index (χ1) is 8.08. The maximum atomic E-state index is 11.5. The molecule has 1 rings (SSSR count). The number of hydrogen-bond acceptors (Lipinski definition) is 1. The van der Waals surface area contributed by atoms with Crippen LogP contribution in [-0.4, -0.2) is 5.78 Å². The third-order valence-electron chi connectivity index (χ3n) is 3.51. The Balaban J connectivity index is 2.69. The van der Waals surface area contributed by atoms with E-state index in [9.17, 15) is 4.79 Å². The van der Waals surface area contributed by atoms with Crippen LogP contribution < -0.4 is 0 Å². The normalized spacial score (nSPS) is 23.6. The van der Waals surface area contributed by atoms with Crippen LogP contribution in [0.3, 0.4) is 0 Å². The monoisotopic (exact) mass is 232 g/mol. The molecule has 1 nitrogen and oxygen atoms in total. The SMILES string of the molecule is C/C=C1\C=CC(CC(CCC)C(C)=O)=CC1C. The van der Waals surface area contributed by atoms with Crippen molar-refractivity contribution >= 4 is 5.78 Å². The molecular weight excluding hydrogens is 208 g/mol. The number of Topliss-reactive ketones (excluding diaryl/α,β-unsaturated/α-hetero) is 1. The van der Waals surface area contributed by atoms with Crippen molar-refractivity contribution < 1.29 is 4.79 Å². The van der Waals surface area contributed by atoms with Gasteiger partial charge in [0.1, 0.15) is 5.78 Å². The molecule has 0 radical (unpaired) electrons. The van der Waals surface area contributed by atoms with Crippen LogP contribution in [0.25, 0.3) is 0 Å². The van der Waals surface area contributed by atoms with Gasteiger partial charge in [0.25, 0.3) is 0 Å². The Hall–Kier alpha value is -1.11. The Labute approximate surface area is 105 Å². The summed E-state index contributed by atoms with van der Waals surface area (Å²) in [5, 5.41) is 0. The fourth-order valence-electron chi connectivity index (χ4n) is 2.41. The molecule has 17 heavy (non-hydrogen) atoms. The topological polar surface area (TPSA) is 17.1 Å². The van der Waals surface area contributed by atoms with Gasteiger partial charge in [-0.15, -0.1) is 0 Å². The minimum atomic E-state index is 0.204. The molecule has 0 saturated carbocycles. The standard InChI is InChI=1S/C16H24O/c1-5-7-16(13(4)17)11-14-8-9-15(6-2)12(3)10-14/h6,8-10,12,16H,5,7,11H2,1-4H3/b15-6+. The summed E-state index contributed by atoms with van der Waals surface area (Å²) in [7, 11) is 0. The lowest BCUT2D eigenvalue weighted by Crippen LogP contribution is -2.12. The fraction of sp³-hybridized carbons (Fsp3) is 0.562. The molecule has 2 atom stereocenters. The number of ketones is 1. The van der Waals surface area contributed by atoms with Crippen molar-refractivity contribution in [3.63, 3.8) is 0 Å². The third kappa shape index (κ3) is 3.99. The van der Waals surface area contributed by atoms with E-state index in [4.69, 9.17) is 0 Å². The number of carbonyl (C=O) groups excluding carboxylic acids is 1. The average molecular weight is 232 g/mol. The molecule has 0 spiro atoms. The molecule has 0 bridgehead atoms. The van der Waals surface area contributed by atoms with E-state index in [1.54, 1.807) is 6.92 Å². The maximum absolute atomic E-state index is 11.5. The molecule has 0 saturated heterocycles. The van der Waals surface area contributed by atoms with E-state index >= 15 is 0 Å². The molecule has 1 heteroatoms. The van der Waals surface area contributed by atoms with Gasteiger partial charge in [-0.2, -0.15) is 0 Å². The molecule has 0 N–H and O–H groups in total. The molecule has 94 valence electrons. The molecule has 0 amide bonds. The number of carbonyl (C=O) groups is 1. The van der Waals surface area contributed by atoms with Crippen LogP contribution in [0.1, 0.15) is 47.0 Å². The summed E-state index contributed by atoms with van der Waals surface area (Å²) in [5.74, 6) is 1.01. The highest BCUT2D eigenvalue weighted by Crippen LogP contribution is 2.27. The van der Waals surface area contributed by atoms with E-state index in [2.05, 4.69) is 45.1 Å². The van der Waals surface area contributed by atoms with Crippen molar-refractivity contribution in [1.29, 1.82) is 0 Å². The van der Waals surface area contributed by atoms with Crippen LogP contribution in [0.2, 0.25) is 0 Å². The Bertz CT molecular complexity index is 358. The zero-order valence-corrected chi connectivity index (χ0v) is 11.5. The first kappa shape index (κ1) is 14.0.